The molecule has 30 heavy (non-hydrogen) atoms. The molecule has 4 rings (SSSR count). The molecule has 1 atom stereocenters. The van der Waals surface area contributed by atoms with Gasteiger partial charge in [-0.15, -0.1) is 11.3 Å². The van der Waals surface area contributed by atoms with E-state index >= 15 is 0 Å². The third-order valence-electron chi connectivity index (χ3n) is 4.99. The van der Waals surface area contributed by atoms with E-state index in [9.17, 15) is 13.2 Å². The van der Waals surface area contributed by atoms with Gasteiger partial charge in [-0.2, -0.15) is 9.29 Å². The third-order valence-corrected chi connectivity index (χ3v) is 8.27. The molecule has 10 heteroatoms. The Morgan fingerprint density at radius 1 is 1.33 bits per heavy atom. The number of rotatable bonds is 6. The van der Waals surface area contributed by atoms with Crippen molar-refractivity contribution in [3.8, 4) is 11.4 Å². The minimum Gasteiger partial charge on any atom is -0.339 e. The van der Waals surface area contributed by atoms with Crippen molar-refractivity contribution in [2.24, 2.45) is 5.92 Å². The Morgan fingerprint density at radius 3 is 2.87 bits per heavy atom. The van der Waals surface area contributed by atoms with E-state index in [1.165, 1.54) is 4.31 Å². The highest BCUT2D eigenvalue weighted by Crippen LogP contribution is 2.31. The summed E-state index contributed by atoms with van der Waals surface area (Å²) < 4.78 is 33.0. The zero-order valence-electron chi connectivity index (χ0n) is 16.4. The second-order valence-corrected chi connectivity index (χ2v) is 10.2. The number of piperidine rings is 1. The number of nitrogens with one attached hydrogen (secondary N) is 1. The van der Waals surface area contributed by atoms with Crippen LogP contribution in [0.2, 0.25) is 0 Å². The average molecular weight is 447 g/mol. The van der Waals surface area contributed by atoms with Gasteiger partial charge in [0.25, 0.3) is 10.0 Å². The molecule has 1 N–H and O–H groups in total. The van der Waals surface area contributed by atoms with Crippen molar-refractivity contribution in [1.29, 1.82) is 0 Å². The Labute approximate surface area is 179 Å². The predicted molar refractivity (Wildman–Crippen MR) is 114 cm³/mol. The largest absolute Gasteiger partial charge is 0.339 e. The van der Waals surface area contributed by atoms with Crippen molar-refractivity contribution in [1.82, 2.24) is 14.4 Å². The van der Waals surface area contributed by atoms with Crippen LogP contribution < -0.4 is 5.32 Å². The van der Waals surface area contributed by atoms with Crippen molar-refractivity contribution in [2.75, 3.05) is 18.4 Å². The van der Waals surface area contributed by atoms with E-state index in [0.29, 0.717) is 48.8 Å². The molecule has 0 aliphatic carbocycles. The number of anilines is 1. The van der Waals surface area contributed by atoms with Crippen LogP contribution in [-0.2, 0) is 21.2 Å². The number of aromatic nitrogens is 2. The molecule has 2 aromatic heterocycles. The van der Waals surface area contributed by atoms with Crippen molar-refractivity contribution in [3.63, 3.8) is 0 Å². The summed E-state index contributed by atoms with van der Waals surface area (Å²) in [7, 11) is -3.70. The summed E-state index contributed by atoms with van der Waals surface area (Å²) in [6.45, 7) is 2.46. The van der Waals surface area contributed by atoms with Crippen molar-refractivity contribution >= 4 is 33.0 Å². The SMILES string of the molecule is CCc1nc(-c2csc(S(=O)(=O)N3CCC[C@@H](C(=O)Nc4ccccc4)C3)c2)no1. The fourth-order valence-electron chi connectivity index (χ4n) is 3.35. The molecule has 3 aromatic rings. The van der Waals surface area contributed by atoms with Crippen LogP contribution in [0.1, 0.15) is 25.7 Å². The molecule has 1 saturated heterocycles. The Hall–Kier alpha value is -2.56. The lowest BCUT2D eigenvalue weighted by Gasteiger charge is -2.30. The number of carbonyl (C=O) groups excluding carboxylic acids is 1. The summed E-state index contributed by atoms with van der Waals surface area (Å²) in [5.74, 6) is 0.330. The normalized spacial score (nSPS) is 17.7. The Bertz CT molecular complexity index is 1120. The maximum Gasteiger partial charge on any atom is 0.252 e. The van der Waals surface area contributed by atoms with Gasteiger partial charge in [0.1, 0.15) is 4.21 Å². The molecule has 1 aliphatic heterocycles. The number of aryl methyl sites for hydroxylation is 1. The molecule has 0 spiro atoms. The van der Waals surface area contributed by atoms with Gasteiger partial charge in [-0.25, -0.2) is 8.42 Å². The smallest absolute Gasteiger partial charge is 0.252 e. The molecule has 8 nitrogen and oxygen atoms in total. The lowest BCUT2D eigenvalue weighted by Crippen LogP contribution is -2.43. The minimum atomic E-state index is -3.70. The first kappa shape index (κ1) is 20.7. The van der Waals surface area contributed by atoms with Gasteiger partial charge in [-0.1, -0.05) is 30.3 Å². The number of benzene rings is 1. The van der Waals surface area contributed by atoms with Crippen LogP contribution in [0.15, 0.2) is 50.5 Å². The molecule has 0 bridgehead atoms. The lowest BCUT2D eigenvalue weighted by molar-refractivity contribution is -0.120. The molecule has 0 saturated carbocycles. The maximum atomic E-state index is 13.2. The fraction of sp³-hybridized carbons (Fsp3) is 0.350. The van der Waals surface area contributed by atoms with Crippen LogP contribution in [-0.4, -0.2) is 41.9 Å². The molecule has 1 amide bonds. The molecular formula is C20H22N4O4S2. The number of para-hydroxylation sites is 1. The van der Waals surface area contributed by atoms with Crippen LogP contribution >= 0.6 is 11.3 Å². The van der Waals surface area contributed by atoms with E-state index < -0.39 is 15.9 Å². The van der Waals surface area contributed by atoms with Crippen LogP contribution in [0.5, 0.6) is 0 Å². The number of hydrogen-bond acceptors (Lipinski definition) is 7. The van der Waals surface area contributed by atoms with Gasteiger partial charge in [0.2, 0.25) is 17.6 Å². The maximum absolute atomic E-state index is 13.2. The summed E-state index contributed by atoms with van der Waals surface area (Å²) in [6.07, 6.45) is 1.90. The monoisotopic (exact) mass is 446 g/mol. The molecule has 0 unspecified atom stereocenters. The van der Waals surface area contributed by atoms with E-state index in [2.05, 4.69) is 15.5 Å². The van der Waals surface area contributed by atoms with Gasteiger partial charge < -0.3 is 9.84 Å². The first-order valence-electron chi connectivity index (χ1n) is 9.75. The third kappa shape index (κ3) is 4.30. The van der Waals surface area contributed by atoms with Crippen molar-refractivity contribution < 1.29 is 17.7 Å². The minimum absolute atomic E-state index is 0.160. The fourth-order valence-corrected chi connectivity index (χ4v) is 6.19. The highest BCUT2D eigenvalue weighted by molar-refractivity contribution is 7.91. The summed E-state index contributed by atoms with van der Waals surface area (Å²) in [6, 6.07) is 10.7. The zero-order chi connectivity index (χ0) is 21.1. The van der Waals surface area contributed by atoms with Crippen molar-refractivity contribution in [3.05, 3.63) is 47.7 Å². The topological polar surface area (TPSA) is 105 Å². The lowest BCUT2D eigenvalue weighted by atomic mass is 9.99. The van der Waals surface area contributed by atoms with Gasteiger partial charge in [0.15, 0.2) is 0 Å². The first-order valence-corrected chi connectivity index (χ1v) is 12.1. The molecule has 1 aromatic carbocycles. The summed E-state index contributed by atoms with van der Waals surface area (Å²) in [5.41, 5.74) is 1.31. The average Bonchev–Trinajstić information content (AvgIpc) is 3.44. The number of carbonyl (C=O) groups is 1. The van der Waals surface area contributed by atoms with Crippen LogP contribution in [0.4, 0.5) is 5.69 Å². The highest BCUT2D eigenvalue weighted by atomic mass is 32.2. The molecule has 1 fully saturated rings. The Kier molecular flexibility index (Phi) is 5.98. The summed E-state index contributed by atoms with van der Waals surface area (Å²) in [5, 5.41) is 8.48. The first-order chi connectivity index (χ1) is 14.5. The van der Waals surface area contributed by atoms with E-state index in [0.717, 1.165) is 11.3 Å². The predicted octanol–water partition coefficient (Wildman–Crippen LogP) is 3.40. The Morgan fingerprint density at radius 2 is 2.13 bits per heavy atom. The van der Waals surface area contributed by atoms with Gasteiger partial charge in [-0.3, -0.25) is 4.79 Å². The number of amides is 1. The molecule has 1 aliphatic rings. The number of sulfonamides is 1. The van der Waals surface area contributed by atoms with Gasteiger partial charge >= 0.3 is 0 Å². The van der Waals surface area contributed by atoms with Crippen LogP contribution in [0, 0.1) is 5.92 Å². The van der Waals surface area contributed by atoms with E-state index in [-0.39, 0.29) is 16.7 Å². The number of nitrogens with zero attached hydrogens (tertiary/aromatic N) is 3. The van der Waals surface area contributed by atoms with Gasteiger partial charge in [-0.05, 0) is 31.0 Å². The second-order valence-electron chi connectivity index (χ2n) is 7.08. The van der Waals surface area contributed by atoms with Crippen molar-refractivity contribution in [2.45, 2.75) is 30.4 Å². The highest BCUT2D eigenvalue weighted by Gasteiger charge is 2.34. The Balaban J connectivity index is 1.48. The van der Waals surface area contributed by atoms with E-state index in [1.54, 1.807) is 11.4 Å². The van der Waals surface area contributed by atoms with Gasteiger partial charge in [0.05, 0.1) is 5.92 Å². The number of hydrogen-bond donors (Lipinski definition) is 1. The van der Waals surface area contributed by atoms with E-state index in [4.69, 9.17) is 4.52 Å². The summed E-state index contributed by atoms with van der Waals surface area (Å²) in [4.78, 5) is 16.9. The second kappa shape index (κ2) is 8.66. The molecule has 158 valence electrons. The molecular weight excluding hydrogens is 424 g/mol. The molecule has 0 radical (unpaired) electrons. The van der Waals surface area contributed by atoms with E-state index in [1.807, 2.05) is 37.3 Å². The zero-order valence-corrected chi connectivity index (χ0v) is 18.1. The van der Waals surface area contributed by atoms with Crippen LogP contribution in [0.25, 0.3) is 11.4 Å². The molecule has 3 heterocycles. The quantitative estimate of drug-likeness (QED) is 0.622. The number of thiophene rings is 1. The van der Waals surface area contributed by atoms with Crippen LogP contribution in [0.3, 0.4) is 0 Å². The summed E-state index contributed by atoms with van der Waals surface area (Å²) >= 11 is 1.12. The van der Waals surface area contributed by atoms with Gasteiger partial charge in [0, 0.05) is 36.1 Å². The standard InChI is InChI=1S/C20H22N4O4S2/c1-2-17-22-19(23-28-17)15-11-18(29-13-15)30(26,27)24-10-6-7-14(12-24)20(25)21-16-8-4-3-5-9-16/h3-5,8-9,11,13-14H,2,6-7,10,12H2,1H3,(H,21,25)/t14-/m1/s1.